The first-order valence-corrected chi connectivity index (χ1v) is 9.68. The number of ether oxygens (including phenoxy) is 1. The second-order valence-corrected chi connectivity index (χ2v) is 6.92. The molecule has 29 heavy (non-hydrogen) atoms. The first-order chi connectivity index (χ1) is 14.2. The predicted molar refractivity (Wildman–Crippen MR) is 113 cm³/mol. The molecule has 0 aromatic heterocycles. The summed E-state index contributed by atoms with van der Waals surface area (Å²) in [5, 5.41) is 2.86. The monoisotopic (exact) mass is 386 g/mol. The Balaban J connectivity index is 1.48. The highest BCUT2D eigenvalue weighted by Crippen LogP contribution is 2.31. The van der Waals surface area contributed by atoms with Crippen molar-refractivity contribution in [1.29, 1.82) is 0 Å². The Hall–Kier alpha value is -3.60. The van der Waals surface area contributed by atoms with E-state index >= 15 is 0 Å². The summed E-state index contributed by atoms with van der Waals surface area (Å²) in [4.78, 5) is 27.0. The van der Waals surface area contributed by atoms with E-state index in [0.717, 1.165) is 24.1 Å². The Labute approximate surface area is 169 Å². The van der Waals surface area contributed by atoms with E-state index in [4.69, 9.17) is 4.74 Å². The van der Waals surface area contributed by atoms with Crippen molar-refractivity contribution in [3.8, 4) is 5.75 Å². The number of amides is 2. The first-order valence-electron chi connectivity index (χ1n) is 9.68. The minimum absolute atomic E-state index is 0.0255. The number of para-hydroxylation sites is 1. The third-order valence-corrected chi connectivity index (χ3v) is 4.87. The fraction of sp³-hybridized carbons (Fsp3) is 0.167. The molecular weight excluding hydrogens is 364 g/mol. The lowest BCUT2D eigenvalue weighted by Crippen LogP contribution is -2.35. The van der Waals surface area contributed by atoms with Crippen LogP contribution in [-0.2, 0) is 11.2 Å². The minimum Gasteiger partial charge on any atom is -0.484 e. The Morgan fingerprint density at radius 3 is 2.41 bits per heavy atom. The molecule has 0 aliphatic carbocycles. The number of hydrogen-bond acceptors (Lipinski definition) is 3. The average molecular weight is 386 g/mol. The zero-order chi connectivity index (χ0) is 20.1. The van der Waals surface area contributed by atoms with E-state index in [1.165, 1.54) is 0 Å². The molecule has 146 valence electrons. The molecule has 0 unspecified atom stereocenters. The minimum atomic E-state index is -0.245. The molecule has 5 heteroatoms. The normalized spacial score (nSPS) is 12.8. The van der Waals surface area contributed by atoms with E-state index in [2.05, 4.69) is 5.32 Å². The standard InChI is InChI=1S/C24H22N2O3/c27-23(17-29-21-11-5-2-6-12-21)25-20-14-13-18-10-7-15-26(22(18)16-20)24(28)19-8-3-1-4-9-19/h1-6,8-9,11-14,16H,7,10,15,17H2,(H,25,27). The van der Waals surface area contributed by atoms with Gasteiger partial charge in [-0.05, 0) is 54.8 Å². The van der Waals surface area contributed by atoms with Gasteiger partial charge in [-0.1, -0.05) is 42.5 Å². The molecule has 3 aromatic rings. The Morgan fingerprint density at radius 1 is 0.931 bits per heavy atom. The summed E-state index contributed by atoms with van der Waals surface area (Å²) in [6, 6.07) is 24.2. The summed E-state index contributed by atoms with van der Waals surface area (Å²) in [5.74, 6) is 0.376. The smallest absolute Gasteiger partial charge is 0.262 e. The lowest BCUT2D eigenvalue weighted by Gasteiger charge is -2.30. The number of carbonyl (C=O) groups is 2. The highest BCUT2D eigenvalue weighted by Gasteiger charge is 2.24. The lowest BCUT2D eigenvalue weighted by molar-refractivity contribution is -0.118. The van der Waals surface area contributed by atoms with Gasteiger partial charge >= 0.3 is 0 Å². The second-order valence-electron chi connectivity index (χ2n) is 6.92. The van der Waals surface area contributed by atoms with Crippen molar-refractivity contribution >= 4 is 23.2 Å². The van der Waals surface area contributed by atoms with E-state index in [0.29, 0.717) is 23.5 Å². The molecule has 1 aliphatic heterocycles. The third kappa shape index (κ3) is 4.46. The molecule has 0 fully saturated rings. The molecule has 1 aliphatic rings. The summed E-state index contributed by atoms with van der Waals surface area (Å²) >= 11 is 0. The maximum Gasteiger partial charge on any atom is 0.262 e. The topological polar surface area (TPSA) is 58.6 Å². The number of anilines is 2. The molecule has 0 saturated heterocycles. The molecule has 4 rings (SSSR count). The fourth-order valence-corrected chi connectivity index (χ4v) is 3.46. The molecule has 1 N–H and O–H groups in total. The van der Waals surface area contributed by atoms with Gasteiger partial charge in [-0.15, -0.1) is 0 Å². The molecule has 3 aromatic carbocycles. The summed E-state index contributed by atoms with van der Waals surface area (Å²) in [7, 11) is 0. The van der Waals surface area contributed by atoms with Crippen LogP contribution >= 0.6 is 0 Å². The molecule has 0 spiro atoms. The highest BCUT2D eigenvalue weighted by atomic mass is 16.5. The molecule has 0 bridgehead atoms. The first kappa shape index (κ1) is 18.7. The number of aryl methyl sites for hydroxylation is 1. The number of carbonyl (C=O) groups excluding carboxylic acids is 2. The van der Waals surface area contributed by atoms with Crippen molar-refractivity contribution in [2.75, 3.05) is 23.4 Å². The van der Waals surface area contributed by atoms with Gasteiger partial charge in [-0.25, -0.2) is 0 Å². The number of benzene rings is 3. The Bertz CT molecular complexity index is 1000. The molecule has 1 heterocycles. The van der Waals surface area contributed by atoms with Crippen LogP contribution in [0.5, 0.6) is 5.75 Å². The molecule has 0 radical (unpaired) electrons. The van der Waals surface area contributed by atoms with Crippen LogP contribution in [0.25, 0.3) is 0 Å². The fourth-order valence-electron chi connectivity index (χ4n) is 3.46. The van der Waals surface area contributed by atoms with Gasteiger partial charge in [0.1, 0.15) is 5.75 Å². The lowest BCUT2D eigenvalue weighted by atomic mass is 10.00. The Kier molecular flexibility index (Phi) is 5.56. The van der Waals surface area contributed by atoms with Gasteiger partial charge in [0.05, 0.1) is 0 Å². The van der Waals surface area contributed by atoms with Crippen molar-refractivity contribution < 1.29 is 14.3 Å². The van der Waals surface area contributed by atoms with E-state index < -0.39 is 0 Å². The van der Waals surface area contributed by atoms with E-state index in [9.17, 15) is 9.59 Å². The van der Waals surface area contributed by atoms with Crippen LogP contribution in [0.1, 0.15) is 22.3 Å². The zero-order valence-electron chi connectivity index (χ0n) is 16.0. The molecule has 0 saturated carbocycles. The summed E-state index contributed by atoms with van der Waals surface area (Å²) < 4.78 is 5.49. The number of hydrogen-bond donors (Lipinski definition) is 1. The Morgan fingerprint density at radius 2 is 1.66 bits per heavy atom. The average Bonchev–Trinajstić information content (AvgIpc) is 2.78. The second kappa shape index (κ2) is 8.61. The van der Waals surface area contributed by atoms with Crippen LogP contribution in [0.4, 0.5) is 11.4 Å². The van der Waals surface area contributed by atoms with Crippen molar-refractivity contribution in [1.82, 2.24) is 0 Å². The van der Waals surface area contributed by atoms with Crippen LogP contribution in [0.15, 0.2) is 78.9 Å². The van der Waals surface area contributed by atoms with Gasteiger partial charge in [0, 0.05) is 23.5 Å². The van der Waals surface area contributed by atoms with Crippen LogP contribution in [0.2, 0.25) is 0 Å². The predicted octanol–water partition coefficient (Wildman–Crippen LogP) is 4.30. The van der Waals surface area contributed by atoms with Gasteiger partial charge in [0.15, 0.2) is 6.61 Å². The van der Waals surface area contributed by atoms with Gasteiger partial charge in [-0.3, -0.25) is 9.59 Å². The maximum absolute atomic E-state index is 13.0. The van der Waals surface area contributed by atoms with Gasteiger partial charge in [-0.2, -0.15) is 0 Å². The summed E-state index contributed by atoms with van der Waals surface area (Å²) in [5.41, 5.74) is 3.27. The summed E-state index contributed by atoms with van der Waals surface area (Å²) in [6.07, 6.45) is 1.83. The van der Waals surface area contributed by atoms with E-state index in [1.54, 1.807) is 17.0 Å². The van der Waals surface area contributed by atoms with Crippen LogP contribution in [0.3, 0.4) is 0 Å². The van der Waals surface area contributed by atoms with Gasteiger partial charge in [0.2, 0.25) is 0 Å². The van der Waals surface area contributed by atoms with Crippen molar-refractivity contribution in [3.63, 3.8) is 0 Å². The van der Waals surface area contributed by atoms with Gasteiger partial charge in [0.25, 0.3) is 11.8 Å². The quantitative estimate of drug-likeness (QED) is 0.711. The number of nitrogens with zero attached hydrogens (tertiary/aromatic N) is 1. The van der Waals surface area contributed by atoms with E-state index in [-0.39, 0.29) is 18.4 Å². The number of rotatable bonds is 5. The maximum atomic E-state index is 13.0. The molecule has 2 amide bonds. The van der Waals surface area contributed by atoms with Crippen molar-refractivity contribution in [3.05, 3.63) is 90.0 Å². The zero-order valence-corrected chi connectivity index (χ0v) is 16.0. The number of fused-ring (bicyclic) bond motifs is 1. The van der Waals surface area contributed by atoms with Gasteiger partial charge < -0.3 is 15.0 Å². The largest absolute Gasteiger partial charge is 0.484 e. The SMILES string of the molecule is O=C(COc1ccccc1)Nc1ccc2c(c1)N(C(=O)c1ccccc1)CCC2. The molecule has 5 nitrogen and oxygen atoms in total. The molecular formula is C24H22N2O3. The van der Waals surface area contributed by atoms with Crippen LogP contribution in [0, 0.1) is 0 Å². The third-order valence-electron chi connectivity index (χ3n) is 4.87. The van der Waals surface area contributed by atoms with Crippen LogP contribution < -0.4 is 15.0 Å². The van der Waals surface area contributed by atoms with Crippen LogP contribution in [-0.4, -0.2) is 25.0 Å². The molecule has 0 atom stereocenters. The van der Waals surface area contributed by atoms with Crippen molar-refractivity contribution in [2.24, 2.45) is 0 Å². The van der Waals surface area contributed by atoms with E-state index in [1.807, 2.05) is 66.7 Å². The summed E-state index contributed by atoms with van der Waals surface area (Å²) in [6.45, 7) is 0.586. The van der Waals surface area contributed by atoms with Crippen molar-refractivity contribution in [2.45, 2.75) is 12.8 Å². The number of nitrogens with one attached hydrogen (secondary N) is 1. The highest BCUT2D eigenvalue weighted by molar-refractivity contribution is 6.07.